The highest BCUT2D eigenvalue weighted by atomic mass is 16.5. The Labute approximate surface area is 162 Å². The van der Waals surface area contributed by atoms with Crippen LogP contribution in [0.1, 0.15) is 53.9 Å². The van der Waals surface area contributed by atoms with Crippen LogP contribution in [0, 0.1) is 5.92 Å². The first kappa shape index (κ1) is 23.8. The number of hydrogen-bond donors (Lipinski definition) is 0. The molecule has 0 N–H and O–H groups in total. The van der Waals surface area contributed by atoms with Gasteiger partial charge in [0.25, 0.3) is 0 Å². The lowest BCUT2D eigenvalue weighted by Crippen LogP contribution is -2.53. The summed E-state index contributed by atoms with van der Waals surface area (Å²) in [6.07, 6.45) is 3.71. The van der Waals surface area contributed by atoms with E-state index in [1.807, 2.05) is 0 Å². The summed E-state index contributed by atoms with van der Waals surface area (Å²) in [4.78, 5) is 5.06. The molecule has 0 bridgehead atoms. The van der Waals surface area contributed by atoms with Crippen molar-refractivity contribution in [3.05, 3.63) is 0 Å². The molecule has 1 aliphatic heterocycles. The number of hydrogen-bond acceptors (Lipinski definition) is 5. The van der Waals surface area contributed by atoms with E-state index >= 15 is 0 Å². The first-order chi connectivity index (χ1) is 12.4. The van der Waals surface area contributed by atoms with E-state index in [0.29, 0.717) is 26.4 Å². The van der Waals surface area contributed by atoms with Crippen molar-refractivity contribution < 1.29 is 14.2 Å². The Morgan fingerprint density at radius 2 is 1.27 bits per heavy atom. The SMILES string of the molecule is CC(C)CCCCOCCOCCOCCN1CCN(C(C)(C)C)CC1. The Kier molecular flexibility index (Phi) is 12.7. The molecule has 0 aromatic rings. The number of unbranched alkanes of at least 4 members (excludes halogenated alkanes) is 1. The smallest absolute Gasteiger partial charge is 0.0701 e. The van der Waals surface area contributed by atoms with Gasteiger partial charge in [0, 0.05) is 44.9 Å². The lowest BCUT2D eigenvalue weighted by molar-refractivity contribution is 0.00380. The van der Waals surface area contributed by atoms with Crippen LogP contribution in [-0.2, 0) is 14.2 Å². The molecule has 156 valence electrons. The highest BCUT2D eigenvalue weighted by Gasteiger charge is 2.25. The molecule has 26 heavy (non-hydrogen) atoms. The summed E-state index contributed by atoms with van der Waals surface area (Å²) >= 11 is 0. The summed E-state index contributed by atoms with van der Waals surface area (Å²) in [5.74, 6) is 0.798. The van der Waals surface area contributed by atoms with Gasteiger partial charge in [0.15, 0.2) is 0 Å². The van der Waals surface area contributed by atoms with Gasteiger partial charge < -0.3 is 14.2 Å². The Hall–Kier alpha value is -0.200. The Morgan fingerprint density at radius 1 is 0.731 bits per heavy atom. The van der Waals surface area contributed by atoms with Crippen molar-refractivity contribution in [3.63, 3.8) is 0 Å². The summed E-state index contributed by atoms with van der Waals surface area (Å²) < 4.78 is 16.8. The molecule has 1 heterocycles. The van der Waals surface area contributed by atoms with Crippen LogP contribution in [-0.4, -0.2) is 87.7 Å². The number of rotatable bonds is 14. The maximum Gasteiger partial charge on any atom is 0.0701 e. The van der Waals surface area contributed by atoms with Gasteiger partial charge in [-0.05, 0) is 33.1 Å². The minimum absolute atomic E-state index is 0.289. The van der Waals surface area contributed by atoms with Crippen molar-refractivity contribution in [2.75, 3.05) is 72.4 Å². The summed E-state index contributed by atoms with van der Waals surface area (Å²) in [5.41, 5.74) is 0.289. The van der Waals surface area contributed by atoms with Gasteiger partial charge in [-0.3, -0.25) is 9.80 Å². The molecule has 1 fully saturated rings. The monoisotopic (exact) mass is 372 g/mol. The quantitative estimate of drug-likeness (QED) is 0.437. The molecule has 0 saturated carbocycles. The van der Waals surface area contributed by atoms with E-state index in [9.17, 15) is 0 Å². The lowest BCUT2D eigenvalue weighted by atomic mass is 10.1. The zero-order valence-corrected chi connectivity index (χ0v) is 18.1. The average molecular weight is 373 g/mol. The van der Waals surface area contributed by atoms with Crippen molar-refractivity contribution in [1.29, 1.82) is 0 Å². The Morgan fingerprint density at radius 3 is 1.81 bits per heavy atom. The predicted molar refractivity (Wildman–Crippen MR) is 109 cm³/mol. The third-order valence-corrected chi connectivity index (χ3v) is 4.94. The highest BCUT2D eigenvalue weighted by molar-refractivity contribution is 4.81. The van der Waals surface area contributed by atoms with Crippen LogP contribution in [0.4, 0.5) is 0 Å². The van der Waals surface area contributed by atoms with Gasteiger partial charge in [0.05, 0.1) is 33.0 Å². The van der Waals surface area contributed by atoms with Crippen molar-refractivity contribution >= 4 is 0 Å². The molecule has 0 spiro atoms. The van der Waals surface area contributed by atoms with Crippen LogP contribution in [0.3, 0.4) is 0 Å². The van der Waals surface area contributed by atoms with Gasteiger partial charge in [-0.15, -0.1) is 0 Å². The largest absolute Gasteiger partial charge is 0.379 e. The van der Waals surface area contributed by atoms with Gasteiger partial charge in [-0.2, -0.15) is 0 Å². The highest BCUT2D eigenvalue weighted by Crippen LogP contribution is 2.15. The first-order valence-corrected chi connectivity index (χ1v) is 10.6. The maximum absolute atomic E-state index is 5.69. The zero-order chi connectivity index (χ0) is 19.3. The van der Waals surface area contributed by atoms with Crippen LogP contribution in [0.2, 0.25) is 0 Å². The molecule has 0 radical (unpaired) electrons. The molecule has 1 aliphatic rings. The standard InChI is InChI=1S/C21H44N2O3/c1-20(2)8-6-7-14-24-16-18-26-19-17-25-15-13-22-9-11-23(12-10-22)21(3,4)5/h20H,6-19H2,1-5H3. The van der Waals surface area contributed by atoms with Gasteiger partial charge >= 0.3 is 0 Å². The molecule has 0 aromatic heterocycles. The first-order valence-electron chi connectivity index (χ1n) is 10.6. The summed E-state index contributed by atoms with van der Waals surface area (Å²) in [5, 5.41) is 0. The molecule has 0 aliphatic carbocycles. The molecule has 5 heteroatoms. The van der Waals surface area contributed by atoms with Crippen LogP contribution in [0.25, 0.3) is 0 Å². The summed E-state index contributed by atoms with van der Waals surface area (Å²) in [7, 11) is 0. The average Bonchev–Trinajstić information content (AvgIpc) is 2.58. The van der Waals surface area contributed by atoms with Gasteiger partial charge in [0.2, 0.25) is 0 Å². The minimum atomic E-state index is 0.289. The van der Waals surface area contributed by atoms with Crippen molar-refractivity contribution in [3.8, 4) is 0 Å². The lowest BCUT2D eigenvalue weighted by Gasteiger charge is -2.42. The van der Waals surface area contributed by atoms with Gasteiger partial charge in [0.1, 0.15) is 0 Å². The molecular formula is C21H44N2O3. The second kappa shape index (κ2) is 13.9. The van der Waals surface area contributed by atoms with E-state index in [-0.39, 0.29) is 5.54 Å². The molecule has 1 rings (SSSR count). The van der Waals surface area contributed by atoms with Crippen molar-refractivity contribution in [2.24, 2.45) is 5.92 Å². The Bertz CT molecular complexity index is 324. The third-order valence-electron chi connectivity index (χ3n) is 4.94. The van der Waals surface area contributed by atoms with Crippen LogP contribution in [0.5, 0.6) is 0 Å². The fraction of sp³-hybridized carbons (Fsp3) is 1.00. The van der Waals surface area contributed by atoms with E-state index in [2.05, 4.69) is 44.4 Å². The van der Waals surface area contributed by atoms with Crippen LogP contribution < -0.4 is 0 Å². The summed E-state index contributed by atoms with van der Waals surface area (Å²) in [6.45, 7) is 21.4. The van der Waals surface area contributed by atoms with Gasteiger partial charge in [-0.25, -0.2) is 0 Å². The molecular weight excluding hydrogens is 328 g/mol. The van der Waals surface area contributed by atoms with Crippen molar-refractivity contribution in [2.45, 2.75) is 59.4 Å². The van der Waals surface area contributed by atoms with E-state index in [0.717, 1.165) is 58.3 Å². The number of ether oxygens (including phenoxy) is 3. The van der Waals surface area contributed by atoms with Crippen LogP contribution in [0.15, 0.2) is 0 Å². The second-order valence-corrected chi connectivity index (χ2v) is 8.73. The van der Waals surface area contributed by atoms with Crippen molar-refractivity contribution in [1.82, 2.24) is 9.80 Å². The molecule has 5 nitrogen and oxygen atoms in total. The fourth-order valence-electron chi connectivity index (χ4n) is 3.13. The van der Waals surface area contributed by atoms with E-state index in [1.165, 1.54) is 12.8 Å². The summed E-state index contributed by atoms with van der Waals surface area (Å²) in [6, 6.07) is 0. The number of piperazine rings is 1. The van der Waals surface area contributed by atoms with Crippen LogP contribution >= 0.6 is 0 Å². The zero-order valence-electron chi connectivity index (χ0n) is 18.1. The van der Waals surface area contributed by atoms with E-state index in [1.54, 1.807) is 0 Å². The minimum Gasteiger partial charge on any atom is -0.379 e. The third kappa shape index (κ3) is 12.2. The predicted octanol–water partition coefficient (Wildman–Crippen LogP) is 3.28. The van der Waals surface area contributed by atoms with Gasteiger partial charge in [-0.1, -0.05) is 26.7 Å². The molecule has 0 unspecified atom stereocenters. The fourth-order valence-corrected chi connectivity index (χ4v) is 3.13. The number of nitrogens with zero attached hydrogens (tertiary/aromatic N) is 2. The molecule has 0 atom stereocenters. The van der Waals surface area contributed by atoms with E-state index < -0.39 is 0 Å². The molecule has 1 saturated heterocycles. The molecule has 0 amide bonds. The second-order valence-electron chi connectivity index (χ2n) is 8.73. The van der Waals surface area contributed by atoms with E-state index in [4.69, 9.17) is 14.2 Å². The maximum atomic E-state index is 5.69. The normalized spacial score (nSPS) is 17.3. The molecule has 0 aromatic carbocycles. The Balaban J connectivity index is 1.80. The topological polar surface area (TPSA) is 34.2 Å².